The second-order valence-electron chi connectivity index (χ2n) is 4.56. The third kappa shape index (κ3) is 3.84. The van der Waals surface area contributed by atoms with Crippen molar-refractivity contribution < 1.29 is 4.79 Å². The molecule has 0 aromatic heterocycles. The lowest BCUT2D eigenvalue weighted by Crippen LogP contribution is -2.16. The first-order valence-electron chi connectivity index (χ1n) is 6.05. The number of hydrogen-bond donors (Lipinski definition) is 2. The molecule has 0 heterocycles. The SMILES string of the molecule is Cc1cc(N)c(NC(=O)Cc2ccc(Br)cc2)c(Br)c1. The molecule has 2 aromatic carbocycles. The molecule has 0 aliphatic heterocycles. The zero-order valence-corrected chi connectivity index (χ0v) is 14.1. The molecular weight excluding hydrogens is 384 g/mol. The van der Waals surface area contributed by atoms with Crippen LogP contribution in [0.5, 0.6) is 0 Å². The first-order chi connectivity index (χ1) is 9.45. The number of amides is 1. The van der Waals surface area contributed by atoms with E-state index in [1.807, 2.05) is 43.3 Å². The molecule has 0 spiro atoms. The largest absolute Gasteiger partial charge is 0.397 e. The van der Waals surface area contributed by atoms with Crippen molar-refractivity contribution >= 4 is 49.1 Å². The van der Waals surface area contributed by atoms with Gasteiger partial charge in [-0.3, -0.25) is 4.79 Å². The normalized spacial score (nSPS) is 10.3. The third-order valence-electron chi connectivity index (χ3n) is 2.81. The summed E-state index contributed by atoms with van der Waals surface area (Å²) in [5.41, 5.74) is 9.11. The fourth-order valence-corrected chi connectivity index (χ4v) is 2.83. The zero-order valence-electron chi connectivity index (χ0n) is 10.9. The number of hydrogen-bond acceptors (Lipinski definition) is 2. The smallest absolute Gasteiger partial charge is 0.228 e. The maximum atomic E-state index is 12.1. The number of anilines is 2. The topological polar surface area (TPSA) is 55.1 Å². The number of halogens is 2. The molecule has 1 amide bonds. The summed E-state index contributed by atoms with van der Waals surface area (Å²) in [6.07, 6.45) is 0.313. The lowest BCUT2D eigenvalue weighted by Gasteiger charge is -2.11. The summed E-state index contributed by atoms with van der Waals surface area (Å²) in [6.45, 7) is 1.95. The Kier molecular flexibility index (Phi) is 4.83. The van der Waals surface area contributed by atoms with Gasteiger partial charge in [-0.25, -0.2) is 0 Å². The Morgan fingerprint density at radius 2 is 1.85 bits per heavy atom. The molecule has 5 heteroatoms. The van der Waals surface area contributed by atoms with E-state index in [2.05, 4.69) is 37.2 Å². The van der Waals surface area contributed by atoms with Crippen LogP contribution in [0.4, 0.5) is 11.4 Å². The molecule has 0 aliphatic carbocycles. The molecule has 0 aliphatic rings. The third-order valence-corrected chi connectivity index (χ3v) is 3.96. The van der Waals surface area contributed by atoms with E-state index in [1.54, 1.807) is 0 Å². The molecule has 20 heavy (non-hydrogen) atoms. The first-order valence-corrected chi connectivity index (χ1v) is 7.64. The van der Waals surface area contributed by atoms with Crippen LogP contribution in [0.2, 0.25) is 0 Å². The summed E-state index contributed by atoms with van der Waals surface area (Å²) in [5.74, 6) is -0.0939. The van der Waals surface area contributed by atoms with Gasteiger partial charge in [-0.2, -0.15) is 0 Å². The second kappa shape index (κ2) is 6.41. The van der Waals surface area contributed by atoms with Crippen LogP contribution in [0.1, 0.15) is 11.1 Å². The molecule has 0 saturated heterocycles. The predicted octanol–water partition coefficient (Wildman–Crippen LogP) is 4.28. The van der Waals surface area contributed by atoms with Gasteiger partial charge in [0.25, 0.3) is 0 Å². The lowest BCUT2D eigenvalue weighted by molar-refractivity contribution is -0.115. The molecular formula is C15H14Br2N2O. The molecule has 2 rings (SSSR count). The minimum absolute atomic E-state index is 0.0939. The van der Waals surface area contributed by atoms with Crippen LogP contribution < -0.4 is 11.1 Å². The summed E-state index contributed by atoms with van der Waals surface area (Å²) >= 11 is 6.79. The van der Waals surface area contributed by atoms with Crippen molar-refractivity contribution in [2.45, 2.75) is 13.3 Å². The summed E-state index contributed by atoms with van der Waals surface area (Å²) in [6, 6.07) is 11.4. The van der Waals surface area contributed by atoms with E-state index in [1.165, 1.54) is 0 Å². The number of nitrogens with two attached hydrogens (primary N) is 1. The highest BCUT2D eigenvalue weighted by Gasteiger charge is 2.10. The van der Waals surface area contributed by atoms with Crippen molar-refractivity contribution in [3.8, 4) is 0 Å². The average molecular weight is 398 g/mol. The van der Waals surface area contributed by atoms with E-state index in [4.69, 9.17) is 5.73 Å². The van der Waals surface area contributed by atoms with Crippen LogP contribution in [0.3, 0.4) is 0 Å². The molecule has 2 aromatic rings. The summed E-state index contributed by atoms with van der Waals surface area (Å²) in [5, 5.41) is 2.85. The highest BCUT2D eigenvalue weighted by molar-refractivity contribution is 9.10. The Bertz CT molecular complexity index is 616. The van der Waals surface area contributed by atoms with Crippen LogP contribution in [-0.2, 0) is 11.2 Å². The number of rotatable bonds is 3. The molecule has 0 unspecified atom stereocenters. The van der Waals surface area contributed by atoms with Crippen molar-refractivity contribution in [2.75, 3.05) is 11.1 Å². The van der Waals surface area contributed by atoms with E-state index in [0.29, 0.717) is 17.8 Å². The van der Waals surface area contributed by atoms with E-state index in [-0.39, 0.29) is 5.91 Å². The zero-order chi connectivity index (χ0) is 14.7. The lowest BCUT2D eigenvalue weighted by atomic mass is 10.1. The Morgan fingerprint density at radius 3 is 2.45 bits per heavy atom. The minimum atomic E-state index is -0.0939. The molecule has 0 radical (unpaired) electrons. The number of carbonyl (C=O) groups is 1. The van der Waals surface area contributed by atoms with E-state index in [9.17, 15) is 4.79 Å². The Hall–Kier alpha value is -1.33. The number of nitrogen functional groups attached to an aromatic ring is 1. The van der Waals surface area contributed by atoms with Crippen molar-refractivity contribution in [3.63, 3.8) is 0 Å². The Morgan fingerprint density at radius 1 is 1.20 bits per heavy atom. The van der Waals surface area contributed by atoms with Crippen LogP contribution >= 0.6 is 31.9 Å². The molecule has 104 valence electrons. The molecule has 0 fully saturated rings. The fraction of sp³-hybridized carbons (Fsp3) is 0.133. The van der Waals surface area contributed by atoms with Crippen LogP contribution in [0.15, 0.2) is 45.3 Å². The predicted molar refractivity (Wildman–Crippen MR) is 89.8 cm³/mol. The number of carbonyl (C=O) groups excluding carboxylic acids is 1. The fourth-order valence-electron chi connectivity index (χ4n) is 1.87. The number of aryl methyl sites for hydroxylation is 1. The molecule has 3 N–H and O–H groups in total. The van der Waals surface area contributed by atoms with Gasteiger partial charge in [0, 0.05) is 8.95 Å². The van der Waals surface area contributed by atoms with Gasteiger partial charge in [-0.05, 0) is 58.2 Å². The van der Waals surface area contributed by atoms with E-state index < -0.39 is 0 Å². The first kappa shape index (κ1) is 15.1. The quantitative estimate of drug-likeness (QED) is 0.759. The van der Waals surface area contributed by atoms with E-state index in [0.717, 1.165) is 20.1 Å². The summed E-state index contributed by atoms with van der Waals surface area (Å²) in [7, 11) is 0. The van der Waals surface area contributed by atoms with Crippen LogP contribution in [0, 0.1) is 6.92 Å². The molecule has 0 bridgehead atoms. The maximum absolute atomic E-state index is 12.1. The van der Waals surface area contributed by atoms with Crippen molar-refractivity contribution in [1.82, 2.24) is 0 Å². The minimum Gasteiger partial charge on any atom is -0.397 e. The summed E-state index contributed by atoms with van der Waals surface area (Å²) < 4.78 is 1.78. The van der Waals surface area contributed by atoms with Gasteiger partial charge in [0.05, 0.1) is 17.8 Å². The van der Waals surface area contributed by atoms with Crippen LogP contribution in [-0.4, -0.2) is 5.91 Å². The Labute approximate surface area is 134 Å². The van der Waals surface area contributed by atoms with Crippen molar-refractivity contribution in [2.24, 2.45) is 0 Å². The molecule has 0 saturated carbocycles. The standard InChI is InChI=1S/C15H14Br2N2O/c1-9-6-12(17)15(13(18)7-9)19-14(20)8-10-2-4-11(16)5-3-10/h2-7H,8,18H2,1H3,(H,19,20). The highest BCUT2D eigenvalue weighted by Crippen LogP contribution is 2.30. The number of nitrogens with one attached hydrogen (secondary N) is 1. The van der Waals surface area contributed by atoms with Gasteiger partial charge in [0.2, 0.25) is 5.91 Å². The highest BCUT2D eigenvalue weighted by atomic mass is 79.9. The van der Waals surface area contributed by atoms with Crippen LogP contribution in [0.25, 0.3) is 0 Å². The summed E-state index contributed by atoms with van der Waals surface area (Å²) in [4.78, 5) is 12.1. The van der Waals surface area contributed by atoms with Gasteiger partial charge in [0.1, 0.15) is 0 Å². The maximum Gasteiger partial charge on any atom is 0.228 e. The molecule has 3 nitrogen and oxygen atoms in total. The van der Waals surface area contributed by atoms with Crippen molar-refractivity contribution in [3.05, 3.63) is 56.5 Å². The van der Waals surface area contributed by atoms with Gasteiger partial charge in [-0.15, -0.1) is 0 Å². The molecule has 0 atom stereocenters. The van der Waals surface area contributed by atoms with E-state index >= 15 is 0 Å². The monoisotopic (exact) mass is 396 g/mol. The average Bonchev–Trinajstić information content (AvgIpc) is 2.36. The van der Waals surface area contributed by atoms with Crippen molar-refractivity contribution in [1.29, 1.82) is 0 Å². The number of benzene rings is 2. The van der Waals surface area contributed by atoms with Gasteiger partial charge < -0.3 is 11.1 Å². The van der Waals surface area contributed by atoms with Gasteiger partial charge in [-0.1, -0.05) is 28.1 Å². The second-order valence-corrected chi connectivity index (χ2v) is 6.33. The van der Waals surface area contributed by atoms with Gasteiger partial charge in [0.15, 0.2) is 0 Å². The Balaban J connectivity index is 2.10. The van der Waals surface area contributed by atoms with Gasteiger partial charge >= 0.3 is 0 Å².